The van der Waals surface area contributed by atoms with Crippen LogP contribution in [-0.4, -0.2) is 24.3 Å². The van der Waals surface area contributed by atoms with Crippen molar-refractivity contribution in [2.24, 2.45) is 5.92 Å². The van der Waals surface area contributed by atoms with Gasteiger partial charge in [0.2, 0.25) is 0 Å². The lowest BCUT2D eigenvalue weighted by molar-refractivity contribution is -0.143. The average molecular weight is 314 g/mol. The Labute approximate surface area is 130 Å². The predicted molar refractivity (Wildman–Crippen MR) is 80.5 cm³/mol. The fraction of sp³-hybridized carbons (Fsp3) is 0.588. The van der Waals surface area contributed by atoms with Crippen LogP contribution in [0.3, 0.4) is 0 Å². The normalized spacial score (nSPS) is 12.2. The fourth-order valence-corrected chi connectivity index (χ4v) is 2.34. The summed E-state index contributed by atoms with van der Waals surface area (Å²) in [5.41, 5.74) is 0.559. The Morgan fingerprint density at radius 1 is 1.27 bits per heavy atom. The number of hydrogen-bond donors (Lipinski definition) is 1. The van der Waals surface area contributed by atoms with E-state index in [-0.39, 0.29) is 24.1 Å². The molecule has 3 nitrogen and oxygen atoms in total. The fourth-order valence-electron chi connectivity index (χ4n) is 2.34. The number of benzene rings is 1. The first-order valence-corrected chi connectivity index (χ1v) is 7.68. The summed E-state index contributed by atoms with van der Waals surface area (Å²) in [6.07, 6.45) is 2.93. The molecule has 124 valence electrons. The van der Waals surface area contributed by atoms with E-state index < -0.39 is 11.6 Å². The number of aliphatic hydroxyl groups is 1. The first kappa shape index (κ1) is 18.6. The summed E-state index contributed by atoms with van der Waals surface area (Å²) >= 11 is 0. The van der Waals surface area contributed by atoms with Gasteiger partial charge in [0.1, 0.15) is 11.6 Å². The number of aliphatic hydroxyl groups excluding tert-OH is 1. The van der Waals surface area contributed by atoms with Gasteiger partial charge in [-0.15, -0.1) is 0 Å². The number of halogens is 2. The Morgan fingerprint density at radius 2 is 1.91 bits per heavy atom. The second kappa shape index (κ2) is 9.51. The van der Waals surface area contributed by atoms with Gasteiger partial charge in [-0.05, 0) is 56.7 Å². The molecular formula is C17H24F2O3. The Kier molecular flexibility index (Phi) is 8.02. The number of carbonyl (C=O) groups excluding carboxylic acids is 1. The number of hydrogen-bond acceptors (Lipinski definition) is 3. The molecule has 1 aromatic rings. The highest BCUT2D eigenvalue weighted by Crippen LogP contribution is 2.20. The predicted octanol–water partition coefficient (Wildman–Crippen LogP) is 3.55. The first-order chi connectivity index (χ1) is 10.5. The molecular weight excluding hydrogens is 290 g/mol. The molecule has 1 N–H and O–H groups in total. The second-order valence-corrected chi connectivity index (χ2v) is 5.49. The molecule has 1 unspecified atom stereocenters. The minimum absolute atomic E-state index is 0.0127. The maximum atomic E-state index is 13.5. The summed E-state index contributed by atoms with van der Waals surface area (Å²) in [7, 11) is 0. The molecule has 1 rings (SSSR count). The highest BCUT2D eigenvalue weighted by molar-refractivity contribution is 5.69. The van der Waals surface area contributed by atoms with Crippen molar-refractivity contribution in [3.05, 3.63) is 34.9 Å². The summed E-state index contributed by atoms with van der Waals surface area (Å²) < 4.78 is 31.9. The Bertz CT molecular complexity index is 466. The van der Waals surface area contributed by atoms with E-state index in [9.17, 15) is 18.7 Å². The van der Waals surface area contributed by atoms with Crippen molar-refractivity contribution in [3.63, 3.8) is 0 Å². The number of unbranched alkanes of at least 4 members (excludes halogenated alkanes) is 1. The molecule has 22 heavy (non-hydrogen) atoms. The van der Waals surface area contributed by atoms with Crippen LogP contribution in [0, 0.1) is 24.5 Å². The summed E-state index contributed by atoms with van der Waals surface area (Å²) in [4.78, 5) is 11.2. The Hall–Kier alpha value is -1.49. The van der Waals surface area contributed by atoms with Crippen LogP contribution in [0.4, 0.5) is 8.78 Å². The molecule has 0 aliphatic heterocycles. The zero-order valence-electron chi connectivity index (χ0n) is 13.2. The second-order valence-electron chi connectivity index (χ2n) is 5.49. The average Bonchev–Trinajstić information content (AvgIpc) is 2.48. The summed E-state index contributed by atoms with van der Waals surface area (Å²) in [6, 6.07) is 2.64. The van der Waals surface area contributed by atoms with Crippen LogP contribution in [0.25, 0.3) is 0 Å². The van der Waals surface area contributed by atoms with Crippen molar-refractivity contribution >= 4 is 5.97 Å². The van der Waals surface area contributed by atoms with Gasteiger partial charge in [0.15, 0.2) is 0 Å². The third-order valence-corrected chi connectivity index (χ3v) is 3.67. The van der Waals surface area contributed by atoms with E-state index in [0.717, 1.165) is 6.42 Å². The van der Waals surface area contributed by atoms with Gasteiger partial charge >= 0.3 is 5.97 Å². The van der Waals surface area contributed by atoms with E-state index in [0.29, 0.717) is 37.9 Å². The van der Waals surface area contributed by atoms with E-state index in [1.54, 1.807) is 6.92 Å². The summed E-state index contributed by atoms with van der Waals surface area (Å²) in [6.45, 7) is 3.49. The van der Waals surface area contributed by atoms with E-state index in [4.69, 9.17) is 4.74 Å². The van der Waals surface area contributed by atoms with E-state index in [1.807, 2.05) is 0 Å². The number of ether oxygens (including phenoxy) is 1. The number of rotatable bonds is 9. The van der Waals surface area contributed by atoms with Crippen molar-refractivity contribution in [1.29, 1.82) is 0 Å². The Balaban J connectivity index is 2.44. The first-order valence-electron chi connectivity index (χ1n) is 7.68. The van der Waals surface area contributed by atoms with E-state index in [1.165, 1.54) is 19.1 Å². The number of esters is 1. The standard InChI is InChI=1S/C17H24F2O3/c1-3-22-17(21)7-5-4-6-13(11-20)8-14-9-15(18)12(2)16(19)10-14/h9-10,13,20H,3-8,11H2,1-2H3. The van der Waals surface area contributed by atoms with Gasteiger partial charge in [0.25, 0.3) is 0 Å². The maximum absolute atomic E-state index is 13.5. The molecule has 0 heterocycles. The molecule has 0 spiro atoms. The van der Waals surface area contributed by atoms with Crippen molar-refractivity contribution < 1.29 is 23.4 Å². The van der Waals surface area contributed by atoms with Crippen LogP contribution in [-0.2, 0) is 16.0 Å². The quantitative estimate of drug-likeness (QED) is 0.560. The monoisotopic (exact) mass is 314 g/mol. The van der Waals surface area contributed by atoms with Crippen molar-refractivity contribution in [2.75, 3.05) is 13.2 Å². The zero-order chi connectivity index (χ0) is 16.5. The molecule has 0 radical (unpaired) electrons. The largest absolute Gasteiger partial charge is 0.466 e. The van der Waals surface area contributed by atoms with Gasteiger partial charge in [-0.1, -0.05) is 6.42 Å². The highest BCUT2D eigenvalue weighted by atomic mass is 19.1. The van der Waals surface area contributed by atoms with E-state index in [2.05, 4.69) is 0 Å². The van der Waals surface area contributed by atoms with Crippen molar-refractivity contribution in [3.8, 4) is 0 Å². The molecule has 5 heteroatoms. The highest BCUT2D eigenvalue weighted by Gasteiger charge is 2.13. The summed E-state index contributed by atoms with van der Waals surface area (Å²) in [5.74, 6) is -1.41. The van der Waals surface area contributed by atoms with Gasteiger partial charge in [0.05, 0.1) is 6.61 Å². The molecule has 0 aliphatic carbocycles. The molecule has 0 aliphatic rings. The van der Waals surface area contributed by atoms with Crippen LogP contribution >= 0.6 is 0 Å². The van der Waals surface area contributed by atoms with Gasteiger partial charge in [-0.25, -0.2) is 8.78 Å². The smallest absolute Gasteiger partial charge is 0.305 e. The van der Waals surface area contributed by atoms with E-state index >= 15 is 0 Å². The van der Waals surface area contributed by atoms with Crippen LogP contribution in [0.5, 0.6) is 0 Å². The lowest BCUT2D eigenvalue weighted by Gasteiger charge is -2.14. The third-order valence-electron chi connectivity index (χ3n) is 3.67. The van der Waals surface area contributed by atoms with Gasteiger partial charge in [0, 0.05) is 18.6 Å². The minimum Gasteiger partial charge on any atom is -0.466 e. The zero-order valence-corrected chi connectivity index (χ0v) is 13.2. The topological polar surface area (TPSA) is 46.5 Å². The lowest BCUT2D eigenvalue weighted by atomic mass is 9.94. The molecule has 0 aromatic heterocycles. The van der Waals surface area contributed by atoms with Gasteiger partial charge < -0.3 is 9.84 Å². The molecule has 0 bridgehead atoms. The van der Waals surface area contributed by atoms with Crippen LogP contribution < -0.4 is 0 Å². The van der Waals surface area contributed by atoms with Crippen LogP contribution in [0.2, 0.25) is 0 Å². The summed E-state index contributed by atoms with van der Waals surface area (Å²) in [5, 5.41) is 9.39. The molecule has 0 saturated heterocycles. The van der Waals surface area contributed by atoms with Crippen molar-refractivity contribution in [2.45, 2.75) is 46.0 Å². The molecule has 0 saturated carbocycles. The minimum atomic E-state index is -0.561. The third kappa shape index (κ3) is 6.10. The van der Waals surface area contributed by atoms with Crippen molar-refractivity contribution in [1.82, 2.24) is 0 Å². The number of carbonyl (C=O) groups is 1. The van der Waals surface area contributed by atoms with Gasteiger partial charge in [-0.2, -0.15) is 0 Å². The lowest BCUT2D eigenvalue weighted by Crippen LogP contribution is -2.11. The molecule has 1 aromatic carbocycles. The molecule has 0 fully saturated rings. The van der Waals surface area contributed by atoms with Gasteiger partial charge in [-0.3, -0.25) is 4.79 Å². The molecule has 1 atom stereocenters. The SMILES string of the molecule is CCOC(=O)CCCCC(CO)Cc1cc(F)c(C)c(F)c1. The van der Waals surface area contributed by atoms with Crippen LogP contribution in [0.15, 0.2) is 12.1 Å². The molecule has 0 amide bonds. The van der Waals surface area contributed by atoms with Crippen LogP contribution in [0.1, 0.15) is 43.7 Å². The maximum Gasteiger partial charge on any atom is 0.305 e. The Morgan fingerprint density at radius 3 is 2.45 bits per heavy atom.